The molecule has 0 saturated heterocycles. The van der Waals surface area contributed by atoms with Crippen LogP contribution in [0.3, 0.4) is 0 Å². The minimum absolute atomic E-state index is 1.01. The Kier molecular flexibility index (Phi) is 3.94. The molecule has 0 N–H and O–H groups in total. The molecule has 136 valence electrons. The van der Waals surface area contributed by atoms with E-state index in [1.165, 1.54) is 59.8 Å². The largest absolute Gasteiger partial charge is 0.0801 e. The standard InChI is InChI=1S/C28H24/c1-18-19(2)27-24-16-10-9-15-23(24)17-25(27)28(22-13-7-8-14-22)26(18)20(3)21-11-5-4-6-12-21/h4-13,15-17H,14H2,1-3H3. The van der Waals surface area contributed by atoms with Gasteiger partial charge in [-0.1, -0.05) is 72.8 Å². The molecule has 0 atom stereocenters. The first-order chi connectivity index (χ1) is 13.7. The number of rotatable bonds is 2. The minimum atomic E-state index is 1.01. The summed E-state index contributed by atoms with van der Waals surface area (Å²) in [5.41, 5.74) is 9.69. The molecule has 0 amide bonds. The van der Waals surface area contributed by atoms with Gasteiger partial charge in [0.15, 0.2) is 0 Å². The van der Waals surface area contributed by atoms with Crippen molar-refractivity contribution in [2.24, 2.45) is 0 Å². The smallest absolute Gasteiger partial charge is 0.00640 e. The van der Waals surface area contributed by atoms with Crippen molar-refractivity contribution < 1.29 is 0 Å². The van der Waals surface area contributed by atoms with E-state index in [2.05, 4.69) is 99.7 Å². The number of fused-ring (bicyclic) bond motifs is 2. The summed E-state index contributed by atoms with van der Waals surface area (Å²) < 4.78 is 0. The zero-order valence-corrected chi connectivity index (χ0v) is 16.7. The second kappa shape index (κ2) is 6.49. The van der Waals surface area contributed by atoms with E-state index >= 15 is 0 Å². The molecule has 0 radical (unpaired) electrons. The highest BCUT2D eigenvalue weighted by Crippen LogP contribution is 2.30. The maximum Gasteiger partial charge on any atom is -0.00640 e. The Morgan fingerprint density at radius 1 is 0.857 bits per heavy atom. The number of hydrogen-bond donors (Lipinski definition) is 0. The molecule has 0 heterocycles. The van der Waals surface area contributed by atoms with E-state index < -0.39 is 0 Å². The Morgan fingerprint density at radius 3 is 2.36 bits per heavy atom. The molecule has 0 bridgehead atoms. The molecule has 0 spiro atoms. The zero-order valence-electron chi connectivity index (χ0n) is 16.7. The van der Waals surface area contributed by atoms with Gasteiger partial charge in [0.25, 0.3) is 0 Å². The van der Waals surface area contributed by atoms with Crippen LogP contribution < -0.4 is 10.4 Å². The average Bonchev–Trinajstić information content (AvgIpc) is 3.38. The SMILES string of the molecule is CC(c1ccccc1)=c1c(C)c(C)c2c(c1C1=CC=CC1)C=c1ccccc1=2. The second-order valence-corrected chi connectivity index (χ2v) is 7.84. The van der Waals surface area contributed by atoms with E-state index in [4.69, 9.17) is 0 Å². The normalized spacial score (nSPS) is 15.0. The average molecular weight is 361 g/mol. The van der Waals surface area contributed by atoms with E-state index in [0.717, 1.165) is 6.42 Å². The van der Waals surface area contributed by atoms with Crippen molar-refractivity contribution in [2.45, 2.75) is 27.2 Å². The number of hydrogen-bond acceptors (Lipinski definition) is 0. The van der Waals surface area contributed by atoms with Gasteiger partial charge in [0.05, 0.1) is 0 Å². The van der Waals surface area contributed by atoms with Crippen LogP contribution in [0.1, 0.15) is 41.2 Å². The lowest BCUT2D eigenvalue weighted by molar-refractivity contribution is 1.22. The summed E-state index contributed by atoms with van der Waals surface area (Å²) in [7, 11) is 0. The molecule has 0 heteroatoms. The van der Waals surface area contributed by atoms with Gasteiger partial charge in [0.1, 0.15) is 0 Å². The van der Waals surface area contributed by atoms with Crippen LogP contribution >= 0.6 is 0 Å². The topological polar surface area (TPSA) is 0 Å². The van der Waals surface area contributed by atoms with Gasteiger partial charge in [-0.15, -0.1) is 0 Å². The fraction of sp³-hybridized carbons (Fsp3) is 0.143. The summed E-state index contributed by atoms with van der Waals surface area (Å²) in [6.07, 6.45) is 10.2. The third-order valence-electron chi connectivity index (χ3n) is 6.31. The Morgan fingerprint density at radius 2 is 1.61 bits per heavy atom. The summed E-state index contributed by atoms with van der Waals surface area (Å²) in [5.74, 6) is 0. The quantitative estimate of drug-likeness (QED) is 0.455. The molecule has 5 rings (SSSR count). The van der Waals surface area contributed by atoms with Crippen molar-refractivity contribution in [3.8, 4) is 0 Å². The van der Waals surface area contributed by atoms with Crippen LogP contribution in [0, 0.1) is 24.3 Å². The highest BCUT2D eigenvalue weighted by atomic mass is 14.2. The molecular weight excluding hydrogens is 336 g/mol. The van der Waals surface area contributed by atoms with Crippen LogP contribution in [0.25, 0.3) is 17.2 Å². The Labute approximate surface area is 166 Å². The zero-order chi connectivity index (χ0) is 19.3. The van der Waals surface area contributed by atoms with Crippen LogP contribution in [-0.2, 0) is 0 Å². The fourth-order valence-corrected chi connectivity index (χ4v) is 4.79. The van der Waals surface area contributed by atoms with Gasteiger partial charge < -0.3 is 0 Å². The first kappa shape index (κ1) is 17.0. The molecule has 2 aliphatic rings. The maximum absolute atomic E-state index is 2.40. The summed E-state index contributed by atoms with van der Waals surface area (Å²) in [4.78, 5) is 0. The molecule has 28 heavy (non-hydrogen) atoms. The van der Waals surface area contributed by atoms with Gasteiger partial charge in [-0.2, -0.15) is 0 Å². The molecule has 0 fully saturated rings. The Bertz CT molecular complexity index is 1380. The molecular formula is C28H24. The van der Waals surface area contributed by atoms with E-state index in [1.54, 1.807) is 0 Å². The highest BCUT2D eigenvalue weighted by Gasteiger charge is 2.19. The van der Waals surface area contributed by atoms with Crippen LogP contribution in [0.2, 0.25) is 0 Å². The summed E-state index contributed by atoms with van der Waals surface area (Å²) in [6, 6.07) is 19.6. The van der Waals surface area contributed by atoms with Crippen LogP contribution in [0.15, 0.2) is 72.8 Å². The Hall–Kier alpha value is -3.12. The first-order valence-corrected chi connectivity index (χ1v) is 10.0. The lowest BCUT2D eigenvalue weighted by Crippen LogP contribution is -2.20. The number of allylic oxidation sites excluding steroid dienone is 4. The van der Waals surface area contributed by atoms with Gasteiger partial charge in [0, 0.05) is 0 Å². The van der Waals surface area contributed by atoms with Crippen LogP contribution in [0.4, 0.5) is 0 Å². The van der Waals surface area contributed by atoms with Crippen molar-refractivity contribution >= 4 is 17.2 Å². The molecule has 3 aromatic carbocycles. The van der Waals surface area contributed by atoms with Crippen LogP contribution in [0.5, 0.6) is 0 Å². The van der Waals surface area contributed by atoms with Gasteiger partial charge in [0.2, 0.25) is 0 Å². The van der Waals surface area contributed by atoms with Crippen molar-refractivity contribution in [3.05, 3.63) is 122 Å². The van der Waals surface area contributed by atoms with Crippen LogP contribution in [-0.4, -0.2) is 0 Å². The van der Waals surface area contributed by atoms with E-state index in [-0.39, 0.29) is 0 Å². The van der Waals surface area contributed by atoms with Gasteiger partial charge in [-0.3, -0.25) is 0 Å². The predicted octanol–water partition coefficient (Wildman–Crippen LogP) is 5.29. The second-order valence-electron chi connectivity index (χ2n) is 7.84. The lowest BCUT2D eigenvalue weighted by Gasteiger charge is -2.17. The van der Waals surface area contributed by atoms with Crippen molar-refractivity contribution in [2.75, 3.05) is 0 Å². The molecule has 0 nitrogen and oxygen atoms in total. The molecule has 0 aliphatic heterocycles. The van der Waals surface area contributed by atoms with Crippen molar-refractivity contribution in [1.82, 2.24) is 0 Å². The summed E-state index contributed by atoms with van der Waals surface area (Å²) >= 11 is 0. The van der Waals surface area contributed by atoms with Gasteiger partial charge in [-0.05, 0) is 93.1 Å². The molecule has 0 unspecified atom stereocenters. The third-order valence-corrected chi connectivity index (χ3v) is 6.31. The van der Waals surface area contributed by atoms with E-state index in [0.29, 0.717) is 0 Å². The highest BCUT2D eigenvalue weighted by molar-refractivity contribution is 5.83. The number of benzene rings is 3. The van der Waals surface area contributed by atoms with Crippen molar-refractivity contribution in [1.29, 1.82) is 0 Å². The van der Waals surface area contributed by atoms with Gasteiger partial charge in [-0.25, -0.2) is 0 Å². The fourth-order valence-electron chi connectivity index (χ4n) is 4.79. The molecule has 3 aromatic rings. The lowest BCUT2D eigenvalue weighted by atomic mass is 9.86. The third kappa shape index (κ3) is 2.45. The van der Waals surface area contributed by atoms with E-state index in [9.17, 15) is 0 Å². The summed E-state index contributed by atoms with van der Waals surface area (Å²) in [6.45, 7) is 6.86. The minimum Gasteiger partial charge on any atom is -0.0801 e. The molecule has 2 aliphatic carbocycles. The van der Waals surface area contributed by atoms with Crippen molar-refractivity contribution in [3.63, 3.8) is 0 Å². The predicted molar refractivity (Wildman–Crippen MR) is 119 cm³/mol. The van der Waals surface area contributed by atoms with Gasteiger partial charge >= 0.3 is 0 Å². The first-order valence-electron chi connectivity index (χ1n) is 10.0. The Balaban J connectivity index is 2.03. The summed E-state index contributed by atoms with van der Waals surface area (Å²) in [5, 5.41) is 5.53. The molecule has 0 saturated carbocycles. The maximum atomic E-state index is 2.40. The monoisotopic (exact) mass is 360 g/mol. The molecule has 0 aromatic heterocycles. The van der Waals surface area contributed by atoms with E-state index in [1.807, 2.05) is 0 Å².